The first-order valence-corrected chi connectivity index (χ1v) is 21.5. The Balaban J connectivity index is 1.51. The average molecular weight is 855 g/mol. The van der Waals surface area contributed by atoms with E-state index in [1.165, 1.54) is 18.9 Å². The summed E-state index contributed by atoms with van der Waals surface area (Å²) in [6, 6.07) is 16.7. The molecule has 3 aromatic carbocycles. The van der Waals surface area contributed by atoms with E-state index in [9.17, 15) is 33.9 Å². The fraction of sp³-hybridized carbons (Fsp3) is 0.510. The third-order valence-corrected chi connectivity index (χ3v) is 11.3. The molecule has 1 aliphatic rings. The molecule has 0 unspecified atom stereocenters. The number of hydrogen-bond acceptors (Lipinski definition) is 8. The maximum Gasteiger partial charge on any atom is 0.410 e. The number of allylic oxidation sites excluding steroid dienone is 1. The molecule has 6 atom stereocenters. The summed E-state index contributed by atoms with van der Waals surface area (Å²) in [7, 11) is 1.45. The van der Waals surface area contributed by atoms with Crippen molar-refractivity contribution < 1.29 is 43.3 Å². The number of carbonyl (C=O) groups excluding carboxylic acids is 5. The lowest BCUT2D eigenvalue weighted by Crippen LogP contribution is -2.60. The standard InChI is InChI=1S/C49H66N4O9/c1-11-36(32(3)54)26-33-20-23-39(24-21-33)61-25-15-14-16-35-29-41(44(56)50-40(46(58)59)28-34-19-22-37-17-12-13-18-38(37)27-34)53(30-35)45(57)42(48(4,5)6)51-43(55)31(2)52(10)47(60)62-49(7,8)9/h12-15,17-24,27,31,35-36,40-42H,11,16,25-26,28-30H2,1-10H3,(H,50,56)(H,51,55)(H,58,59)/b15-14+/t31-,35-,36-,40-,41-,42+/m0/s1. The fourth-order valence-corrected chi connectivity index (χ4v) is 7.48. The lowest BCUT2D eigenvalue weighted by molar-refractivity contribution is -0.146. The Kier molecular flexibility index (Phi) is 16.9. The number of ether oxygens (including phenoxy) is 2. The highest BCUT2D eigenvalue weighted by Crippen LogP contribution is 2.31. The Hall–Kier alpha value is -5.72. The molecule has 0 aromatic heterocycles. The number of likely N-dealkylation sites (tertiary alicyclic amines) is 1. The van der Waals surface area contributed by atoms with Gasteiger partial charge in [-0.2, -0.15) is 0 Å². The molecule has 0 bridgehead atoms. The second-order valence-electron chi connectivity index (χ2n) is 18.6. The number of Topliss-reactive ketones (excluding diaryl/α,β-unsaturated/α-hetero) is 1. The summed E-state index contributed by atoms with van der Waals surface area (Å²) in [5.41, 5.74) is 0.188. The van der Waals surface area contributed by atoms with Gasteiger partial charge in [-0.1, -0.05) is 94.4 Å². The van der Waals surface area contributed by atoms with Crippen molar-refractivity contribution in [3.8, 4) is 5.75 Å². The molecule has 4 amide bonds. The second kappa shape index (κ2) is 21.4. The summed E-state index contributed by atoms with van der Waals surface area (Å²) in [6.45, 7) is 16.2. The molecular formula is C49H66N4O9. The quantitative estimate of drug-likeness (QED) is 0.113. The van der Waals surface area contributed by atoms with E-state index in [0.717, 1.165) is 33.2 Å². The molecule has 0 aliphatic carbocycles. The van der Waals surface area contributed by atoms with Gasteiger partial charge in [-0.05, 0) is 106 Å². The molecule has 3 aromatic rings. The Labute approximate surface area is 366 Å². The summed E-state index contributed by atoms with van der Waals surface area (Å²) in [5, 5.41) is 17.8. The third kappa shape index (κ3) is 13.9. The van der Waals surface area contributed by atoms with Crippen molar-refractivity contribution in [1.29, 1.82) is 0 Å². The smallest absolute Gasteiger partial charge is 0.410 e. The number of carbonyl (C=O) groups is 6. The molecule has 1 aliphatic heterocycles. The van der Waals surface area contributed by atoms with Gasteiger partial charge < -0.3 is 30.1 Å². The van der Waals surface area contributed by atoms with E-state index in [4.69, 9.17) is 9.47 Å². The Morgan fingerprint density at radius 1 is 0.887 bits per heavy atom. The van der Waals surface area contributed by atoms with Crippen LogP contribution in [0.3, 0.4) is 0 Å². The number of likely N-dealkylation sites (N-methyl/N-ethyl adjacent to an activating group) is 1. The van der Waals surface area contributed by atoms with Gasteiger partial charge in [0.1, 0.15) is 47.9 Å². The van der Waals surface area contributed by atoms with Gasteiger partial charge >= 0.3 is 12.1 Å². The first-order chi connectivity index (χ1) is 29.1. The van der Waals surface area contributed by atoms with Crippen LogP contribution in [0.25, 0.3) is 10.8 Å². The number of hydrogen-bond donors (Lipinski definition) is 3. The van der Waals surface area contributed by atoms with E-state index < -0.39 is 65.0 Å². The summed E-state index contributed by atoms with van der Waals surface area (Å²) < 4.78 is 11.4. The van der Waals surface area contributed by atoms with Gasteiger partial charge in [0.15, 0.2) is 0 Å². The van der Waals surface area contributed by atoms with Gasteiger partial charge in [-0.3, -0.25) is 24.1 Å². The van der Waals surface area contributed by atoms with E-state index in [-0.39, 0.29) is 43.6 Å². The largest absolute Gasteiger partial charge is 0.490 e. The third-order valence-electron chi connectivity index (χ3n) is 11.3. The average Bonchev–Trinajstić information content (AvgIpc) is 3.64. The van der Waals surface area contributed by atoms with Gasteiger partial charge in [-0.25, -0.2) is 9.59 Å². The minimum atomic E-state index is -1.27. The zero-order valence-corrected chi connectivity index (χ0v) is 38.0. The van der Waals surface area contributed by atoms with Crippen LogP contribution >= 0.6 is 0 Å². The van der Waals surface area contributed by atoms with Crippen LogP contribution in [-0.4, -0.2) is 100 Å². The SMILES string of the molecule is CC[C@@H](Cc1ccc(OC/C=C/C[C@H]2C[C@@H](C(=O)N[C@@H](Cc3ccc4ccccc4c3)C(=O)O)N(C(=O)[C@@H](NC(=O)[C@H](C)N(C)C(=O)OC(C)(C)C)C(C)(C)C)C2)cc1)C(C)=O. The van der Waals surface area contributed by atoms with Gasteiger partial charge in [0.05, 0.1) is 0 Å². The van der Waals surface area contributed by atoms with Crippen LogP contribution < -0.4 is 15.4 Å². The van der Waals surface area contributed by atoms with Crippen LogP contribution in [-0.2, 0) is 41.6 Å². The van der Waals surface area contributed by atoms with E-state index in [1.807, 2.05) is 85.8 Å². The predicted octanol–water partition coefficient (Wildman–Crippen LogP) is 7.14. The number of carboxylic acid groups (broad SMARTS) is 1. The number of rotatable bonds is 18. The van der Waals surface area contributed by atoms with E-state index in [1.54, 1.807) is 48.5 Å². The highest BCUT2D eigenvalue weighted by molar-refractivity contribution is 5.95. The zero-order valence-electron chi connectivity index (χ0n) is 38.0. The molecule has 4 rings (SSSR count). The van der Waals surface area contributed by atoms with Crippen molar-refractivity contribution >= 4 is 46.3 Å². The highest BCUT2D eigenvalue weighted by Gasteiger charge is 2.45. The van der Waals surface area contributed by atoms with E-state index >= 15 is 0 Å². The number of amides is 4. The van der Waals surface area contributed by atoms with Crippen molar-refractivity contribution in [3.05, 3.63) is 90.0 Å². The lowest BCUT2D eigenvalue weighted by Gasteiger charge is -2.37. The Morgan fingerprint density at radius 2 is 1.53 bits per heavy atom. The van der Waals surface area contributed by atoms with Crippen molar-refractivity contribution in [2.75, 3.05) is 20.2 Å². The molecule has 1 saturated heterocycles. The Morgan fingerprint density at radius 3 is 2.13 bits per heavy atom. The predicted molar refractivity (Wildman–Crippen MR) is 240 cm³/mol. The Bertz CT molecular complexity index is 2080. The minimum absolute atomic E-state index is 0.00852. The van der Waals surface area contributed by atoms with Crippen LogP contribution in [0.5, 0.6) is 5.75 Å². The molecule has 0 spiro atoms. The normalized spacial score (nSPS) is 17.5. The van der Waals surface area contributed by atoms with E-state index in [2.05, 4.69) is 10.6 Å². The van der Waals surface area contributed by atoms with Gasteiger partial charge in [0.2, 0.25) is 17.7 Å². The maximum absolute atomic E-state index is 14.7. The summed E-state index contributed by atoms with van der Waals surface area (Å²) in [4.78, 5) is 82.4. The number of aliphatic carboxylic acids is 1. The zero-order chi connectivity index (χ0) is 45.9. The summed E-state index contributed by atoms with van der Waals surface area (Å²) in [6.07, 6.45) is 5.38. The highest BCUT2D eigenvalue weighted by atomic mass is 16.6. The van der Waals surface area contributed by atoms with Crippen molar-refractivity contribution in [1.82, 2.24) is 20.4 Å². The van der Waals surface area contributed by atoms with Crippen LogP contribution in [0.2, 0.25) is 0 Å². The number of benzene rings is 3. The number of fused-ring (bicyclic) bond motifs is 1. The van der Waals surface area contributed by atoms with Gasteiger partial charge in [-0.15, -0.1) is 0 Å². The lowest BCUT2D eigenvalue weighted by atomic mass is 9.85. The molecule has 336 valence electrons. The minimum Gasteiger partial charge on any atom is -0.490 e. The topological polar surface area (TPSA) is 172 Å². The maximum atomic E-state index is 14.7. The first kappa shape index (κ1) is 48.9. The van der Waals surface area contributed by atoms with Crippen molar-refractivity contribution in [2.45, 2.75) is 124 Å². The van der Waals surface area contributed by atoms with Crippen LogP contribution in [0.15, 0.2) is 78.9 Å². The molecule has 1 heterocycles. The van der Waals surface area contributed by atoms with Crippen LogP contribution in [0.1, 0.15) is 92.7 Å². The first-order valence-electron chi connectivity index (χ1n) is 21.5. The van der Waals surface area contributed by atoms with Crippen LogP contribution in [0.4, 0.5) is 4.79 Å². The molecular weight excluding hydrogens is 789 g/mol. The molecule has 0 radical (unpaired) electrons. The molecule has 62 heavy (non-hydrogen) atoms. The molecule has 1 fully saturated rings. The number of carboxylic acids is 1. The van der Waals surface area contributed by atoms with Gasteiger partial charge in [0.25, 0.3) is 0 Å². The van der Waals surface area contributed by atoms with Crippen LogP contribution in [0, 0.1) is 17.3 Å². The van der Waals surface area contributed by atoms with E-state index in [0.29, 0.717) is 18.6 Å². The molecule has 13 heteroatoms. The second-order valence-corrected chi connectivity index (χ2v) is 18.6. The number of nitrogens with zero attached hydrogens (tertiary/aromatic N) is 2. The van der Waals surface area contributed by atoms with Crippen molar-refractivity contribution in [3.63, 3.8) is 0 Å². The molecule has 3 N–H and O–H groups in total. The summed E-state index contributed by atoms with van der Waals surface area (Å²) >= 11 is 0. The van der Waals surface area contributed by atoms with Gasteiger partial charge in [0, 0.05) is 25.9 Å². The number of ketones is 1. The molecule has 13 nitrogen and oxygen atoms in total. The number of nitrogens with one attached hydrogen (secondary N) is 2. The van der Waals surface area contributed by atoms with Crippen molar-refractivity contribution in [2.24, 2.45) is 17.3 Å². The fourth-order valence-electron chi connectivity index (χ4n) is 7.48. The molecule has 0 saturated carbocycles. The summed E-state index contributed by atoms with van der Waals surface area (Å²) in [5.74, 6) is -2.20. The monoisotopic (exact) mass is 854 g/mol.